The summed E-state index contributed by atoms with van der Waals surface area (Å²) in [5, 5.41) is 2.88. The zero-order valence-electron chi connectivity index (χ0n) is 15.1. The molecule has 2 aromatic carbocycles. The van der Waals surface area contributed by atoms with Gasteiger partial charge in [-0.1, -0.05) is 29.8 Å². The van der Waals surface area contributed by atoms with E-state index in [0.717, 1.165) is 23.7 Å². The van der Waals surface area contributed by atoms with E-state index in [9.17, 15) is 4.79 Å². The lowest BCUT2D eigenvalue weighted by molar-refractivity contribution is 0.0947. The van der Waals surface area contributed by atoms with Crippen molar-refractivity contribution in [3.8, 4) is 5.75 Å². The molecule has 0 aliphatic rings. The number of nitrogens with zero attached hydrogens (tertiary/aromatic N) is 2. The van der Waals surface area contributed by atoms with Gasteiger partial charge in [0.15, 0.2) is 0 Å². The first-order chi connectivity index (χ1) is 12.6. The molecule has 5 heteroatoms. The molecule has 1 aromatic heterocycles. The number of aryl methyl sites for hydroxylation is 2. The van der Waals surface area contributed by atoms with Crippen LogP contribution >= 0.6 is 0 Å². The second-order valence-corrected chi connectivity index (χ2v) is 6.22. The summed E-state index contributed by atoms with van der Waals surface area (Å²) < 4.78 is 7.68. The molecule has 0 spiro atoms. The molecule has 0 atom stereocenters. The highest BCUT2D eigenvalue weighted by molar-refractivity contribution is 5.94. The molecule has 3 aromatic rings. The molecule has 0 aliphatic carbocycles. The second kappa shape index (κ2) is 8.34. The van der Waals surface area contributed by atoms with Gasteiger partial charge < -0.3 is 14.6 Å². The zero-order valence-corrected chi connectivity index (χ0v) is 15.1. The van der Waals surface area contributed by atoms with E-state index >= 15 is 0 Å². The van der Waals surface area contributed by atoms with Crippen molar-refractivity contribution in [2.45, 2.75) is 20.4 Å². The van der Waals surface area contributed by atoms with Crippen LogP contribution in [0.4, 0.5) is 0 Å². The Bertz CT molecular complexity index is 852. The maximum atomic E-state index is 12.2. The van der Waals surface area contributed by atoms with Crippen LogP contribution in [-0.4, -0.2) is 28.6 Å². The Morgan fingerprint density at radius 1 is 1.08 bits per heavy atom. The highest BCUT2D eigenvalue weighted by Gasteiger charge is 2.06. The van der Waals surface area contributed by atoms with Crippen LogP contribution in [0.15, 0.2) is 60.9 Å². The van der Waals surface area contributed by atoms with Gasteiger partial charge in [-0.2, -0.15) is 0 Å². The number of benzene rings is 2. The van der Waals surface area contributed by atoms with Crippen LogP contribution in [0, 0.1) is 13.8 Å². The molecule has 5 nitrogen and oxygen atoms in total. The molecule has 1 amide bonds. The van der Waals surface area contributed by atoms with Crippen molar-refractivity contribution in [2.75, 3.05) is 13.2 Å². The normalized spacial score (nSPS) is 10.5. The Kier molecular flexibility index (Phi) is 5.69. The first-order valence-corrected chi connectivity index (χ1v) is 8.66. The maximum absolute atomic E-state index is 12.2. The van der Waals surface area contributed by atoms with Crippen LogP contribution in [-0.2, 0) is 6.54 Å². The molecular weight excluding hydrogens is 326 g/mol. The van der Waals surface area contributed by atoms with Gasteiger partial charge in [0, 0.05) is 24.5 Å². The SMILES string of the molecule is Cc1ccc(OCCNC(=O)c2ccc(Cn3ccnc3C)cc2)cc1. The molecule has 0 saturated heterocycles. The van der Waals surface area contributed by atoms with E-state index in [-0.39, 0.29) is 5.91 Å². The van der Waals surface area contributed by atoms with Gasteiger partial charge in [0.05, 0.1) is 6.54 Å². The average Bonchev–Trinajstić information content (AvgIpc) is 3.05. The highest BCUT2D eigenvalue weighted by atomic mass is 16.5. The summed E-state index contributed by atoms with van der Waals surface area (Å²) >= 11 is 0. The molecule has 0 bridgehead atoms. The van der Waals surface area contributed by atoms with Gasteiger partial charge >= 0.3 is 0 Å². The summed E-state index contributed by atoms with van der Waals surface area (Å²) in [6.45, 7) is 5.65. The summed E-state index contributed by atoms with van der Waals surface area (Å²) in [7, 11) is 0. The fraction of sp³-hybridized carbons (Fsp3) is 0.238. The van der Waals surface area contributed by atoms with E-state index in [4.69, 9.17) is 4.74 Å². The zero-order chi connectivity index (χ0) is 18.4. The Labute approximate surface area is 153 Å². The quantitative estimate of drug-likeness (QED) is 0.666. The summed E-state index contributed by atoms with van der Waals surface area (Å²) in [6, 6.07) is 15.5. The standard InChI is InChI=1S/C21H23N3O2/c1-16-3-9-20(10-4-16)26-14-12-23-21(25)19-7-5-18(6-8-19)15-24-13-11-22-17(24)2/h3-11,13H,12,14-15H2,1-2H3,(H,23,25). The Morgan fingerprint density at radius 3 is 2.46 bits per heavy atom. The molecule has 1 N–H and O–H groups in total. The third kappa shape index (κ3) is 4.72. The predicted octanol–water partition coefficient (Wildman–Crippen LogP) is 3.36. The van der Waals surface area contributed by atoms with Gasteiger partial charge in [0.1, 0.15) is 18.2 Å². The van der Waals surface area contributed by atoms with Crippen LogP contribution in [0.2, 0.25) is 0 Å². The number of imidazole rings is 1. The van der Waals surface area contributed by atoms with E-state index in [1.165, 1.54) is 5.56 Å². The van der Waals surface area contributed by atoms with Gasteiger partial charge in [-0.25, -0.2) is 4.98 Å². The highest BCUT2D eigenvalue weighted by Crippen LogP contribution is 2.11. The number of aromatic nitrogens is 2. The van der Waals surface area contributed by atoms with Gasteiger partial charge in [-0.3, -0.25) is 4.79 Å². The minimum Gasteiger partial charge on any atom is -0.492 e. The van der Waals surface area contributed by atoms with Crippen molar-refractivity contribution in [1.82, 2.24) is 14.9 Å². The minimum absolute atomic E-state index is 0.0946. The number of carbonyl (C=O) groups excluding carboxylic acids is 1. The second-order valence-electron chi connectivity index (χ2n) is 6.22. The molecule has 0 aliphatic heterocycles. The van der Waals surface area contributed by atoms with Crippen LogP contribution in [0.5, 0.6) is 5.75 Å². The van der Waals surface area contributed by atoms with E-state index in [0.29, 0.717) is 18.7 Å². The smallest absolute Gasteiger partial charge is 0.251 e. The molecule has 26 heavy (non-hydrogen) atoms. The summed E-state index contributed by atoms with van der Waals surface area (Å²) in [5.74, 6) is 1.69. The topological polar surface area (TPSA) is 56.1 Å². The Balaban J connectivity index is 1.45. The van der Waals surface area contributed by atoms with Crippen LogP contribution in [0.25, 0.3) is 0 Å². The number of carbonyl (C=O) groups is 1. The maximum Gasteiger partial charge on any atom is 0.251 e. The molecule has 0 unspecified atom stereocenters. The third-order valence-electron chi connectivity index (χ3n) is 4.17. The minimum atomic E-state index is -0.0946. The average molecular weight is 349 g/mol. The first-order valence-electron chi connectivity index (χ1n) is 8.66. The fourth-order valence-corrected chi connectivity index (χ4v) is 2.60. The number of amides is 1. The lowest BCUT2D eigenvalue weighted by Gasteiger charge is -2.09. The number of rotatable bonds is 7. The molecule has 0 radical (unpaired) electrons. The van der Waals surface area contributed by atoms with Gasteiger partial charge in [0.2, 0.25) is 0 Å². The van der Waals surface area contributed by atoms with E-state index in [1.807, 2.05) is 68.6 Å². The lowest BCUT2D eigenvalue weighted by Crippen LogP contribution is -2.28. The molecule has 134 valence electrons. The van der Waals surface area contributed by atoms with E-state index < -0.39 is 0 Å². The summed E-state index contributed by atoms with van der Waals surface area (Å²) in [6.07, 6.45) is 3.74. The van der Waals surface area contributed by atoms with E-state index in [2.05, 4.69) is 14.9 Å². The number of ether oxygens (including phenoxy) is 1. The van der Waals surface area contributed by atoms with Crippen LogP contribution in [0.3, 0.4) is 0 Å². The molecule has 0 saturated carbocycles. The largest absolute Gasteiger partial charge is 0.492 e. The van der Waals surface area contributed by atoms with Crippen molar-refractivity contribution >= 4 is 5.91 Å². The molecular formula is C21H23N3O2. The van der Waals surface area contributed by atoms with Gasteiger partial charge in [-0.05, 0) is 43.7 Å². The Morgan fingerprint density at radius 2 is 1.81 bits per heavy atom. The van der Waals surface area contributed by atoms with Crippen molar-refractivity contribution < 1.29 is 9.53 Å². The summed E-state index contributed by atoms with van der Waals surface area (Å²) in [5.41, 5.74) is 2.97. The van der Waals surface area contributed by atoms with Crippen LogP contribution < -0.4 is 10.1 Å². The third-order valence-corrected chi connectivity index (χ3v) is 4.17. The summed E-state index contributed by atoms with van der Waals surface area (Å²) in [4.78, 5) is 16.4. The molecule has 1 heterocycles. The lowest BCUT2D eigenvalue weighted by atomic mass is 10.1. The van der Waals surface area contributed by atoms with Crippen LogP contribution in [0.1, 0.15) is 27.3 Å². The van der Waals surface area contributed by atoms with Crippen molar-refractivity contribution in [2.24, 2.45) is 0 Å². The monoisotopic (exact) mass is 349 g/mol. The number of nitrogens with one attached hydrogen (secondary N) is 1. The van der Waals surface area contributed by atoms with E-state index in [1.54, 1.807) is 6.20 Å². The molecule has 0 fully saturated rings. The first kappa shape index (κ1) is 17.7. The van der Waals surface area contributed by atoms with Gasteiger partial charge in [-0.15, -0.1) is 0 Å². The fourth-order valence-electron chi connectivity index (χ4n) is 2.60. The van der Waals surface area contributed by atoms with Gasteiger partial charge in [0.25, 0.3) is 5.91 Å². The number of hydrogen-bond donors (Lipinski definition) is 1. The predicted molar refractivity (Wildman–Crippen MR) is 102 cm³/mol. The molecule has 3 rings (SSSR count). The Hall–Kier alpha value is -3.08. The number of hydrogen-bond acceptors (Lipinski definition) is 3. The van der Waals surface area contributed by atoms with Crippen molar-refractivity contribution in [1.29, 1.82) is 0 Å². The van der Waals surface area contributed by atoms with Crippen molar-refractivity contribution in [3.05, 3.63) is 83.4 Å². The van der Waals surface area contributed by atoms with Crippen molar-refractivity contribution in [3.63, 3.8) is 0 Å².